The van der Waals surface area contributed by atoms with Crippen molar-refractivity contribution in [3.63, 3.8) is 0 Å². The van der Waals surface area contributed by atoms with Gasteiger partial charge < -0.3 is 5.32 Å². The van der Waals surface area contributed by atoms with Crippen LogP contribution < -0.4 is 5.32 Å². The molecule has 0 aliphatic heterocycles. The molecule has 2 unspecified atom stereocenters. The van der Waals surface area contributed by atoms with Gasteiger partial charge in [-0.25, -0.2) is 8.42 Å². The van der Waals surface area contributed by atoms with Crippen LogP contribution in [-0.4, -0.2) is 37.8 Å². The standard InChI is InChI=1S/C20H32N2O3S/c1-4-22(5-2)26(24,25)19-12-9-17(10-13-19)11-14-20(23)21-18-8-6-7-16(3)15-18/h9-10,12-13,16,18H,4-8,11,14-15H2,1-3H3,(H,21,23). The molecular weight excluding hydrogens is 348 g/mol. The summed E-state index contributed by atoms with van der Waals surface area (Å²) in [5, 5.41) is 3.14. The van der Waals surface area contributed by atoms with Crippen molar-refractivity contribution in [1.29, 1.82) is 0 Å². The quantitative estimate of drug-likeness (QED) is 0.752. The number of nitrogens with one attached hydrogen (secondary N) is 1. The van der Waals surface area contributed by atoms with Crippen LogP contribution in [0.1, 0.15) is 58.4 Å². The van der Waals surface area contributed by atoms with Gasteiger partial charge in [0.05, 0.1) is 4.90 Å². The molecule has 1 saturated carbocycles. The van der Waals surface area contributed by atoms with E-state index in [1.807, 2.05) is 26.0 Å². The largest absolute Gasteiger partial charge is 0.353 e. The first-order valence-corrected chi connectivity index (χ1v) is 11.2. The lowest BCUT2D eigenvalue weighted by atomic mass is 9.87. The monoisotopic (exact) mass is 380 g/mol. The smallest absolute Gasteiger partial charge is 0.243 e. The minimum atomic E-state index is -3.42. The third-order valence-electron chi connectivity index (χ3n) is 5.21. The van der Waals surface area contributed by atoms with Crippen molar-refractivity contribution in [2.75, 3.05) is 13.1 Å². The molecule has 2 atom stereocenters. The molecule has 1 fully saturated rings. The topological polar surface area (TPSA) is 66.5 Å². The van der Waals surface area contributed by atoms with Crippen molar-refractivity contribution < 1.29 is 13.2 Å². The summed E-state index contributed by atoms with van der Waals surface area (Å²) in [6.45, 7) is 6.83. The lowest BCUT2D eigenvalue weighted by molar-refractivity contribution is -0.122. The summed E-state index contributed by atoms with van der Waals surface area (Å²) >= 11 is 0. The molecule has 1 aliphatic rings. The number of sulfonamides is 1. The molecular formula is C20H32N2O3S. The van der Waals surface area contributed by atoms with Crippen LogP contribution in [0.3, 0.4) is 0 Å². The third-order valence-corrected chi connectivity index (χ3v) is 7.27. The first kappa shape index (κ1) is 20.9. The fourth-order valence-electron chi connectivity index (χ4n) is 3.66. The Morgan fingerprint density at radius 3 is 2.38 bits per heavy atom. The molecule has 6 heteroatoms. The highest BCUT2D eigenvalue weighted by atomic mass is 32.2. The van der Waals surface area contributed by atoms with E-state index in [9.17, 15) is 13.2 Å². The predicted molar refractivity (Wildman–Crippen MR) is 104 cm³/mol. The highest BCUT2D eigenvalue weighted by molar-refractivity contribution is 7.89. The van der Waals surface area contributed by atoms with Crippen LogP contribution >= 0.6 is 0 Å². The normalized spacial score (nSPS) is 20.9. The van der Waals surface area contributed by atoms with Crippen LogP contribution in [0.4, 0.5) is 0 Å². The number of amides is 1. The highest BCUT2D eigenvalue weighted by Crippen LogP contribution is 2.23. The number of aryl methyl sites for hydroxylation is 1. The van der Waals surface area contributed by atoms with E-state index in [1.165, 1.54) is 17.1 Å². The summed E-state index contributed by atoms with van der Waals surface area (Å²) < 4.78 is 26.4. The fraction of sp³-hybridized carbons (Fsp3) is 0.650. The molecule has 0 bridgehead atoms. The van der Waals surface area contributed by atoms with Crippen LogP contribution in [0.5, 0.6) is 0 Å². The molecule has 0 radical (unpaired) electrons. The molecule has 146 valence electrons. The fourth-order valence-corrected chi connectivity index (χ4v) is 5.12. The van der Waals surface area contributed by atoms with Gasteiger partial charge >= 0.3 is 0 Å². The van der Waals surface area contributed by atoms with Gasteiger partial charge in [-0.3, -0.25) is 4.79 Å². The molecule has 1 N–H and O–H groups in total. The summed E-state index contributed by atoms with van der Waals surface area (Å²) in [5.74, 6) is 0.776. The van der Waals surface area contributed by atoms with Gasteiger partial charge in [-0.2, -0.15) is 4.31 Å². The Kier molecular flexibility index (Phi) is 7.65. The number of rotatable bonds is 8. The van der Waals surface area contributed by atoms with Crippen LogP contribution in [-0.2, 0) is 21.2 Å². The van der Waals surface area contributed by atoms with Crippen LogP contribution in [0.2, 0.25) is 0 Å². The Hall–Kier alpha value is -1.40. The first-order chi connectivity index (χ1) is 12.4. The summed E-state index contributed by atoms with van der Waals surface area (Å²) in [6, 6.07) is 7.22. The molecule has 1 aromatic carbocycles. The zero-order valence-electron chi connectivity index (χ0n) is 16.2. The minimum Gasteiger partial charge on any atom is -0.353 e. The van der Waals surface area contributed by atoms with Crippen LogP contribution in [0.15, 0.2) is 29.2 Å². The van der Waals surface area contributed by atoms with E-state index in [2.05, 4.69) is 12.2 Å². The van der Waals surface area contributed by atoms with E-state index in [0.717, 1.165) is 18.4 Å². The third kappa shape index (κ3) is 5.55. The second kappa shape index (κ2) is 9.51. The van der Waals surface area contributed by atoms with Gasteiger partial charge in [-0.1, -0.05) is 45.7 Å². The summed E-state index contributed by atoms with van der Waals surface area (Å²) in [6.07, 6.45) is 5.66. The second-order valence-electron chi connectivity index (χ2n) is 7.27. The second-order valence-corrected chi connectivity index (χ2v) is 9.21. The molecule has 0 heterocycles. The molecule has 5 nitrogen and oxygen atoms in total. The Labute approximate surface area is 158 Å². The van der Waals surface area contributed by atoms with Crippen molar-refractivity contribution in [2.45, 2.75) is 70.2 Å². The van der Waals surface area contributed by atoms with Crippen molar-refractivity contribution in [3.8, 4) is 0 Å². The van der Waals surface area contributed by atoms with Gasteiger partial charge in [0.15, 0.2) is 0 Å². The van der Waals surface area contributed by atoms with Crippen LogP contribution in [0.25, 0.3) is 0 Å². The maximum atomic E-state index is 12.5. The molecule has 1 aromatic rings. The zero-order chi connectivity index (χ0) is 19.2. The van der Waals surface area contributed by atoms with Crippen molar-refractivity contribution in [3.05, 3.63) is 29.8 Å². The maximum absolute atomic E-state index is 12.5. The van der Waals surface area contributed by atoms with Gasteiger partial charge in [0.25, 0.3) is 0 Å². The van der Waals surface area contributed by atoms with E-state index < -0.39 is 10.0 Å². The lowest BCUT2D eigenvalue weighted by Gasteiger charge is -2.27. The van der Waals surface area contributed by atoms with Crippen molar-refractivity contribution in [1.82, 2.24) is 9.62 Å². The molecule has 26 heavy (non-hydrogen) atoms. The van der Waals surface area contributed by atoms with Gasteiger partial charge in [-0.05, 0) is 42.9 Å². The number of carbonyl (C=O) groups excluding carboxylic acids is 1. The van der Waals surface area contributed by atoms with Gasteiger partial charge in [0.1, 0.15) is 0 Å². The minimum absolute atomic E-state index is 0.0870. The Morgan fingerprint density at radius 2 is 1.81 bits per heavy atom. The number of nitrogens with zero attached hydrogens (tertiary/aromatic N) is 1. The van der Waals surface area contributed by atoms with Crippen molar-refractivity contribution in [2.24, 2.45) is 5.92 Å². The van der Waals surface area contributed by atoms with Gasteiger partial charge in [0, 0.05) is 25.6 Å². The average Bonchev–Trinajstić information content (AvgIpc) is 2.61. The van der Waals surface area contributed by atoms with Crippen LogP contribution in [0, 0.1) is 5.92 Å². The van der Waals surface area contributed by atoms with E-state index in [1.54, 1.807) is 12.1 Å². The molecule has 0 aromatic heterocycles. The summed E-state index contributed by atoms with van der Waals surface area (Å²) in [7, 11) is -3.42. The number of hydrogen-bond donors (Lipinski definition) is 1. The van der Waals surface area contributed by atoms with Gasteiger partial charge in [-0.15, -0.1) is 0 Å². The number of carbonyl (C=O) groups is 1. The lowest BCUT2D eigenvalue weighted by Crippen LogP contribution is -2.38. The average molecular weight is 381 g/mol. The Bertz CT molecular complexity index is 682. The number of hydrogen-bond acceptors (Lipinski definition) is 3. The molecule has 2 rings (SSSR count). The first-order valence-electron chi connectivity index (χ1n) is 9.75. The van der Waals surface area contributed by atoms with E-state index >= 15 is 0 Å². The number of benzene rings is 1. The molecule has 0 spiro atoms. The Balaban J connectivity index is 1.88. The maximum Gasteiger partial charge on any atom is 0.243 e. The Morgan fingerprint density at radius 1 is 1.15 bits per heavy atom. The molecule has 0 saturated heterocycles. The summed E-state index contributed by atoms with van der Waals surface area (Å²) in [4.78, 5) is 12.5. The SMILES string of the molecule is CCN(CC)S(=O)(=O)c1ccc(CCC(=O)NC2CCCC(C)C2)cc1. The predicted octanol–water partition coefficient (Wildman–Crippen LogP) is 3.34. The molecule has 1 aliphatic carbocycles. The van der Waals surface area contributed by atoms with Gasteiger partial charge in [0.2, 0.25) is 15.9 Å². The molecule has 1 amide bonds. The zero-order valence-corrected chi connectivity index (χ0v) is 17.0. The highest BCUT2D eigenvalue weighted by Gasteiger charge is 2.22. The van der Waals surface area contributed by atoms with E-state index in [0.29, 0.717) is 42.8 Å². The van der Waals surface area contributed by atoms with E-state index in [-0.39, 0.29) is 5.91 Å². The summed E-state index contributed by atoms with van der Waals surface area (Å²) in [5.41, 5.74) is 0.982. The van der Waals surface area contributed by atoms with Crippen molar-refractivity contribution >= 4 is 15.9 Å². The van der Waals surface area contributed by atoms with E-state index in [4.69, 9.17) is 0 Å².